The maximum Gasteiger partial charge on any atom is 0.305 e. The normalized spacial score (nSPS) is 12.3. The summed E-state index contributed by atoms with van der Waals surface area (Å²) in [5.41, 5.74) is 1.88. The van der Waals surface area contributed by atoms with E-state index in [1.54, 1.807) is 62.4 Å². The molecule has 38 heavy (non-hydrogen) atoms. The highest BCUT2D eigenvalue weighted by Crippen LogP contribution is 2.21. The molecule has 3 aromatic rings. The molecule has 0 aliphatic carbocycles. The van der Waals surface area contributed by atoms with Gasteiger partial charge in [0.1, 0.15) is 18.9 Å². The van der Waals surface area contributed by atoms with Crippen LogP contribution in [0, 0.1) is 6.92 Å². The molecule has 0 radical (unpaired) electrons. The van der Waals surface area contributed by atoms with Crippen LogP contribution in [-0.2, 0) is 24.0 Å². The lowest BCUT2D eigenvalue weighted by molar-refractivity contribution is -0.138. The molecule has 0 spiro atoms. The summed E-state index contributed by atoms with van der Waals surface area (Å²) in [7, 11) is 0. The number of aryl methyl sites for hydroxylation is 1. The third-order valence-corrected chi connectivity index (χ3v) is 5.93. The lowest BCUT2D eigenvalue weighted by Crippen LogP contribution is -2.53. The molecule has 2 aromatic carbocycles. The number of aromatic amines is 1. The van der Waals surface area contributed by atoms with E-state index < -0.39 is 54.5 Å². The van der Waals surface area contributed by atoms with Crippen LogP contribution in [0.15, 0.2) is 54.7 Å². The van der Waals surface area contributed by atoms with Crippen LogP contribution in [0.4, 0.5) is 5.69 Å². The number of carboxylic acids is 1. The van der Waals surface area contributed by atoms with Gasteiger partial charge in [-0.3, -0.25) is 24.0 Å². The number of H-pyrrole nitrogens is 1. The Morgan fingerprint density at radius 2 is 1.71 bits per heavy atom. The minimum Gasteiger partial charge on any atom is -0.481 e. The van der Waals surface area contributed by atoms with Gasteiger partial charge in [-0.1, -0.05) is 43.3 Å². The van der Waals surface area contributed by atoms with Crippen molar-refractivity contribution < 1.29 is 33.9 Å². The zero-order valence-electron chi connectivity index (χ0n) is 20.9. The van der Waals surface area contributed by atoms with Crippen molar-refractivity contribution in [3.63, 3.8) is 0 Å². The predicted molar refractivity (Wildman–Crippen MR) is 139 cm³/mol. The minimum atomic E-state index is -1.28. The van der Waals surface area contributed by atoms with Crippen molar-refractivity contribution in [2.75, 3.05) is 11.4 Å². The number of anilines is 1. The summed E-state index contributed by atoms with van der Waals surface area (Å²) in [6.07, 6.45) is 1.24. The summed E-state index contributed by atoms with van der Waals surface area (Å²) in [5, 5.41) is 14.3. The molecule has 0 saturated heterocycles. The highest BCUT2D eigenvalue weighted by molar-refractivity contribution is 6.45. The van der Waals surface area contributed by atoms with E-state index in [0.717, 1.165) is 4.90 Å². The van der Waals surface area contributed by atoms with E-state index in [4.69, 9.17) is 5.11 Å². The van der Waals surface area contributed by atoms with Gasteiger partial charge in [0.15, 0.2) is 0 Å². The standard InChI is InChI=1S/C27H28N4O7/c1-3-20(30-26(37)25(36)19-13-28-21-10-6-5-9-18(19)21)27(38)31(22-11-7-4-8-16(22)2)14-23(33)29-17(15-32)12-24(34)35/h4-11,13,15,17,20,28H,3,12,14H2,1-2H3,(H,29,33)(H,30,37)(H,34,35). The van der Waals surface area contributed by atoms with Gasteiger partial charge in [0.2, 0.25) is 11.8 Å². The molecular formula is C27H28N4O7. The number of para-hydroxylation sites is 2. The summed E-state index contributed by atoms with van der Waals surface area (Å²) in [6, 6.07) is 11.3. The smallest absolute Gasteiger partial charge is 0.305 e. The van der Waals surface area contributed by atoms with E-state index >= 15 is 0 Å². The fourth-order valence-corrected chi connectivity index (χ4v) is 4.00. The van der Waals surface area contributed by atoms with Crippen LogP contribution >= 0.6 is 0 Å². The highest BCUT2D eigenvalue weighted by Gasteiger charge is 2.31. The number of ketones is 1. The lowest BCUT2D eigenvalue weighted by Gasteiger charge is -2.28. The van der Waals surface area contributed by atoms with E-state index in [2.05, 4.69) is 15.6 Å². The zero-order valence-corrected chi connectivity index (χ0v) is 20.9. The number of nitrogens with one attached hydrogen (secondary N) is 3. The number of carboxylic acid groups (broad SMARTS) is 1. The maximum absolute atomic E-state index is 13.6. The Hall–Kier alpha value is -4.80. The number of carbonyl (C=O) groups is 6. The number of aldehydes is 1. The van der Waals surface area contributed by atoms with E-state index in [-0.39, 0.29) is 12.0 Å². The first kappa shape index (κ1) is 27.8. The third kappa shape index (κ3) is 6.49. The lowest BCUT2D eigenvalue weighted by atomic mass is 10.1. The van der Waals surface area contributed by atoms with E-state index in [1.165, 1.54) is 6.20 Å². The van der Waals surface area contributed by atoms with Gasteiger partial charge in [0.05, 0.1) is 18.0 Å². The quantitative estimate of drug-likeness (QED) is 0.160. The van der Waals surface area contributed by atoms with Crippen molar-refractivity contribution in [1.29, 1.82) is 0 Å². The van der Waals surface area contributed by atoms with Crippen molar-refractivity contribution >= 4 is 52.4 Å². The molecule has 11 nitrogen and oxygen atoms in total. The van der Waals surface area contributed by atoms with Crippen molar-refractivity contribution in [1.82, 2.24) is 15.6 Å². The van der Waals surface area contributed by atoms with Gasteiger partial charge in [0, 0.05) is 22.8 Å². The molecule has 1 heterocycles. The second kappa shape index (κ2) is 12.4. The first-order chi connectivity index (χ1) is 18.2. The molecule has 3 amide bonds. The molecule has 0 fully saturated rings. The first-order valence-electron chi connectivity index (χ1n) is 11.9. The summed E-state index contributed by atoms with van der Waals surface area (Å²) >= 11 is 0. The molecule has 0 aliphatic heterocycles. The topological polar surface area (TPSA) is 166 Å². The van der Waals surface area contributed by atoms with Crippen LogP contribution in [0.1, 0.15) is 35.7 Å². The van der Waals surface area contributed by atoms with Gasteiger partial charge >= 0.3 is 5.97 Å². The van der Waals surface area contributed by atoms with Crippen molar-refractivity contribution in [2.45, 2.75) is 38.8 Å². The molecule has 198 valence electrons. The number of amides is 3. The van der Waals surface area contributed by atoms with E-state index in [0.29, 0.717) is 28.4 Å². The van der Waals surface area contributed by atoms with Crippen LogP contribution in [-0.4, -0.2) is 64.5 Å². The van der Waals surface area contributed by atoms with Gasteiger partial charge in [0.25, 0.3) is 11.7 Å². The second-order valence-electron chi connectivity index (χ2n) is 8.63. The first-order valence-corrected chi connectivity index (χ1v) is 11.9. The number of benzene rings is 2. The van der Waals surface area contributed by atoms with Gasteiger partial charge in [-0.2, -0.15) is 0 Å². The Balaban J connectivity index is 1.82. The van der Waals surface area contributed by atoms with E-state index in [9.17, 15) is 28.8 Å². The van der Waals surface area contributed by atoms with Crippen LogP contribution in [0.3, 0.4) is 0 Å². The number of hydrogen-bond donors (Lipinski definition) is 4. The van der Waals surface area contributed by atoms with Crippen LogP contribution in [0.2, 0.25) is 0 Å². The molecule has 4 N–H and O–H groups in total. The Morgan fingerprint density at radius 1 is 1.03 bits per heavy atom. The Morgan fingerprint density at radius 3 is 2.37 bits per heavy atom. The van der Waals surface area contributed by atoms with Crippen molar-refractivity contribution in [3.8, 4) is 0 Å². The Kier molecular flexibility index (Phi) is 9.09. The Bertz CT molecular complexity index is 1380. The largest absolute Gasteiger partial charge is 0.481 e. The molecule has 1 aromatic heterocycles. The molecule has 2 unspecified atom stereocenters. The van der Waals surface area contributed by atoms with E-state index in [1.807, 2.05) is 0 Å². The van der Waals surface area contributed by atoms with Gasteiger partial charge < -0.3 is 30.4 Å². The number of nitrogens with zero attached hydrogens (tertiary/aromatic N) is 1. The summed E-state index contributed by atoms with van der Waals surface area (Å²) in [6.45, 7) is 2.83. The second-order valence-corrected chi connectivity index (χ2v) is 8.63. The molecule has 0 bridgehead atoms. The average molecular weight is 521 g/mol. The van der Waals surface area contributed by atoms with Gasteiger partial charge in [-0.05, 0) is 31.0 Å². The van der Waals surface area contributed by atoms with Crippen LogP contribution in [0.5, 0.6) is 0 Å². The molecular weight excluding hydrogens is 492 g/mol. The van der Waals surface area contributed by atoms with Gasteiger partial charge in [-0.15, -0.1) is 0 Å². The number of rotatable bonds is 12. The van der Waals surface area contributed by atoms with Crippen LogP contribution in [0.25, 0.3) is 10.9 Å². The zero-order chi connectivity index (χ0) is 27.8. The van der Waals surface area contributed by atoms with Crippen molar-refractivity contribution in [2.24, 2.45) is 0 Å². The third-order valence-electron chi connectivity index (χ3n) is 5.93. The summed E-state index contributed by atoms with van der Waals surface area (Å²) in [4.78, 5) is 78.3. The number of Topliss-reactive ketones (excluding diaryl/α,β-unsaturated/α-hetero) is 1. The maximum atomic E-state index is 13.6. The monoisotopic (exact) mass is 520 g/mol. The number of carbonyl (C=O) groups excluding carboxylic acids is 5. The molecule has 0 saturated carbocycles. The highest BCUT2D eigenvalue weighted by atomic mass is 16.4. The fraction of sp³-hybridized carbons (Fsp3) is 0.259. The predicted octanol–water partition coefficient (Wildman–Crippen LogP) is 1.75. The molecule has 3 rings (SSSR count). The molecule has 0 aliphatic rings. The average Bonchev–Trinajstić information content (AvgIpc) is 3.33. The summed E-state index contributed by atoms with van der Waals surface area (Å²) in [5.74, 6) is -4.50. The number of aliphatic carboxylic acids is 1. The number of aromatic nitrogens is 1. The fourth-order valence-electron chi connectivity index (χ4n) is 4.00. The summed E-state index contributed by atoms with van der Waals surface area (Å²) < 4.78 is 0. The minimum absolute atomic E-state index is 0.117. The number of fused-ring (bicyclic) bond motifs is 1. The molecule has 11 heteroatoms. The SMILES string of the molecule is CCC(NC(=O)C(=O)c1c[nH]c2ccccc12)C(=O)N(CC(=O)NC(C=O)CC(=O)O)c1ccccc1C. The molecule has 2 atom stereocenters. The van der Waals surface area contributed by atoms with Crippen LogP contribution < -0.4 is 15.5 Å². The van der Waals surface area contributed by atoms with Crippen molar-refractivity contribution in [3.05, 3.63) is 65.9 Å². The Labute approximate surface area is 218 Å². The number of hydrogen-bond acceptors (Lipinski definition) is 6. The van der Waals surface area contributed by atoms with Gasteiger partial charge in [-0.25, -0.2) is 0 Å².